The fourth-order valence-corrected chi connectivity index (χ4v) is 3.61. The smallest absolute Gasteiger partial charge is 0.248 e. The van der Waals surface area contributed by atoms with E-state index in [4.69, 9.17) is 0 Å². The van der Waals surface area contributed by atoms with Crippen molar-refractivity contribution < 1.29 is 9.59 Å². The quantitative estimate of drug-likeness (QED) is 0.596. The molecule has 0 aromatic rings. The summed E-state index contributed by atoms with van der Waals surface area (Å²) in [5, 5.41) is 8.29. The van der Waals surface area contributed by atoms with Crippen molar-refractivity contribution in [2.45, 2.75) is 19.3 Å². The molecule has 0 spiro atoms. The van der Waals surface area contributed by atoms with Gasteiger partial charge in [-0.3, -0.25) is 9.59 Å². The number of amides is 2. The fraction of sp³-hybridized carbons (Fsp3) is 0.636. The van der Waals surface area contributed by atoms with Crippen molar-refractivity contribution in [2.75, 3.05) is 0 Å². The maximum atomic E-state index is 11.6. The lowest BCUT2D eigenvalue weighted by Crippen LogP contribution is -2.45. The van der Waals surface area contributed by atoms with Gasteiger partial charge in [-0.25, -0.2) is 10.9 Å². The highest BCUT2D eigenvalue weighted by molar-refractivity contribution is 6.15. The summed E-state index contributed by atoms with van der Waals surface area (Å²) < 4.78 is 0. The van der Waals surface area contributed by atoms with Crippen molar-refractivity contribution >= 4 is 23.2 Å². The summed E-state index contributed by atoms with van der Waals surface area (Å²) in [6.45, 7) is 0. The summed E-state index contributed by atoms with van der Waals surface area (Å²) >= 11 is 0. The average molecular weight is 232 g/mol. The van der Waals surface area contributed by atoms with E-state index in [1.54, 1.807) is 0 Å². The standard InChI is InChI=1S/C11H12N4O2/c16-10-6-2-4-1-5(9(6)13-14-10)3-7-8(4)12-15-11(7)17/h4-7H,1-3H2,(H,14,16)(H,15,17)/t4-,5-,6+,7+/m1/s1. The predicted octanol–water partition coefficient (Wildman–Crippen LogP) is -0.380. The molecule has 0 aromatic heterocycles. The van der Waals surface area contributed by atoms with Gasteiger partial charge in [0.2, 0.25) is 11.8 Å². The highest BCUT2D eigenvalue weighted by atomic mass is 16.2. The number of hydrazone groups is 2. The van der Waals surface area contributed by atoms with Gasteiger partial charge in [0, 0.05) is 11.8 Å². The monoisotopic (exact) mass is 232 g/mol. The van der Waals surface area contributed by atoms with Crippen LogP contribution < -0.4 is 10.9 Å². The zero-order valence-corrected chi connectivity index (χ0v) is 9.14. The van der Waals surface area contributed by atoms with Gasteiger partial charge in [0.05, 0.1) is 23.3 Å². The van der Waals surface area contributed by atoms with Crippen LogP contribution in [0.4, 0.5) is 0 Å². The number of rotatable bonds is 0. The number of fused-ring (bicyclic) bond motifs is 6. The van der Waals surface area contributed by atoms with E-state index in [-0.39, 0.29) is 35.5 Å². The summed E-state index contributed by atoms with van der Waals surface area (Å²) in [4.78, 5) is 23.3. The van der Waals surface area contributed by atoms with Crippen LogP contribution in [0.3, 0.4) is 0 Å². The molecule has 17 heavy (non-hydrogen) atoms. The first kappa shape index (κ1) is 9.32. The van der Waals surface area contributed by atoms with E-state index in [0.717, 1.165) is 30.7 Å². The number of nitrogens with zero attached hydrogens (tertiary/aromatic N) is 2. The van der Waals surface area contributed by atoms with Crippen LogP contribution in [0.15, 0.2) is 10.2 Å². The molecule has 2 amide bonds. The molecule has 0 saturated heterocycles. The van der Waals surface area contributed by atoms with Crippen LogP contribution in [0, 0.1) is 23.7 Å². The van der Waals surface area contributed by atoms with Crippen LogP contribution in [0.1, 0.15) is 19.3 Å². The zero-order chi connectivity index (χ0) is 11.6. The molecule has 88 valence electrons. The predicted molar refractivity (Wildman–Crippen MR) is 59.0 cm³/mol. The molecule has 2 saturated carbocycles. The lowest BCUT2D eigenvalue weighted by atomic mass is 9.63. The summed E-state index contributed by atoms with van der Waals surface area (Å²) in [5.74, 6) is 0.379. The van der Waals surface area contributed by atoms with Crippen molar-refractivity contribution in [3.8, 4) is 0 Å². The van der Waals surface area contributed by atoms with Gasteiger partial charge in [0.1, 0.15) is 0 Å². The summed E-state index contributed by atoms with van der Waals surface area (Å²) in [5.41, 5.74) is 7.05. The van der Waals surface area contributed by atoms with Crippen LogP contribution in [-0.2, 0) is 9.59 Å². The third kappa shape index (κ3) is 1.10. The van der Waals surface area contributed by atoms with Crippen LogP contribution in [0.25, 0.3) is 0 Å². The average Bonchev–Trinajstić information content (AvgIpc) is 2.86. The van der Waals surface area contributed by atoms with Crippen molar-refractivity contribution in [3.05, 3.63) is 0 Å². The molecule has 2 N–H and O–H groups in total. The molecule has 4 aliphatic rings. The van der Waals surface area contributed by atoms with Gasteiger partial charge in [-0.1, -0.05) is 0 Å². The summed E-state index contributed by atoms with van der Waals surface area (Å²) in [7, 11) is 0. The Kier molecular flexibility index (Phi) is 1.61. The second-order valence-corrected chi connectivity index (χ2v) is 5.23. The van der Waals surface area contributed by atoms with Gasteiger partial charge in [0.15, 0.2) is 0 Å². The molecule has 6 nitrogen and oxygen atoms in total. The maximum absolute atomic E-state index is 11.6. The topological polar surface area (TPSA) is 82.9 Å². The van der Waals surface area contributed by atoms with E-state index in [0.29, 0.717) is 0 Å². The van der Waals surface area contributed by atoms with Crippen LogP contribution >= 0.6 is 0 Å². The maximum Gasteiger partial charge on any atom is 0.248 e. The Morgan fingerprint density at radius 3 is 1.76 bits per heavy atom. The molecule has 6 heteroatoms. The third-order valence-corrected chi connectivity index (χ3v) is 4.38. The molecule has 2 fully saturated rings. The van der Waals surface area contributed by atoms with E-state index < -0.39 is 0 Å². The van der Waals surface area contributed by atoms with Gasteiger partial charge < -0.3 is 0 Å². The molecule has 0 aromatic carbocycles. The first-order chi connectivity index (χ1) is 8.24. The van der Waals surface area contributed by atoms with E-state index >= 15 is 0 Å². The molecule has 0 unspecified atom stereocenters. The number of hydrogen-bond donors (Lipinski definition) is 2. The minimum atomic E-state index is -0.0851. The summed E-state index contributed by atoms with van der Waals surface area (Å²) in [6.07, 6.45) is 2.49. The van der Waals surface area contributed by atoms with Crippen LogP contribution in [0.2, 0.25) is 0 Å². The number of hydrogen-bond acceptors (Lipinski definition) is 4. The van der Waals surface area contributed by atoms with Gasteiger partial charge >= 0.3 is 0 Å². The molecule has 0 radical (unpaired) electrons. The SMILES string of the molecule is O=C1NN=C2[C@@H]3C[C@H](C[C@H]12)C1=NNC(=O)[C@H]1C3. The van der Waals surface area contributed by atoms with E-state index in [1.165, 1.54) is 0 Å². The number of nitrogens with one attached hydrogen (secondary N) is 2. The first-order valence-electron chi connectivity index (χ1n) is 5.98. The molecular weight excluding hydrogens is 220 g/mol. The normalized spacial score (nSPS) is 42.1. The lowest BCUT2D eigenvalue weighted by Gasteiger charge is -2.38. The largest absolute Gasteiger partial charge is 0.272 e. The van der Waals surface area contributed by atoms with Gasteiger partial charge in [-0.15, -0.1) is 0 Å². The Morgan fingerprint density at radius 1 is 0.824 bits per heavy atom. The Morgan fingerprint density at radius 2 is 1.29 bits per heavy atom. The zero-order valence-electron chi connectivity index (χ0n) is 9.14. The van der Waals surface area contributed by atoms with E-state index in [9.17, 15) is 9.59 Å². The van der Waals surface area contributed by atoms with Crippen molar-refractivity contribution in [1.29, 1.82) is 0 Å². The second-order valence-electron chi connectivity index (χ2n) is 5.23. The van der Waals surface area contributed by atoms with Crippen LogP contribution in [0.5, 0.6) is 0 Å². The molecule has 2 aliphatic heterocycles. The number of carbonyl (C=O) groups is 2. The Hall–Kier alpha value is -1.72. The minimum Gasteiger partial charge on any atom is -0.272 e. The molecule has 4 atom stereocenters. The molecular formula is C11H12N4O2. The third-order valence-electron chi connectivity index (χ3n) is 4.38. The van der Waals surface area contributed by atoms with Gasteiger partial charge in [0.25, 0.3) is 0 Å². The van der Waals surface area contributed by atoms with E-state index in [2.05, 4.69) is 21.1 Å². The second kappa shape index (κ2) is 2.94. The minimum absolute atomic E-state index is 0.00559. The van der Waals surface area contributed by atoms with Gasteiger partial charge in [-0.2, -0.15) is 10.2 Å². The van der Waals surface area contributed by atoms with Gasteiger partial charge in [-0.05, 0) is 19.3 Å². The molecule has 4 rings (SSSR count). The molecule has 2 aliphatic carbocycles. The highest BCUT2D eigenvalue weighted by Crippen LogP contribution is 2.44. The van der Waals surface area contributed by atoms with Crippen LogP contribution in [-0.4, -0.2) is 23.2 Å². The first-order valence-corrected chi connectivity index (χ1v) is 5.98. The van der Waals surface area contributed by atoms with E-state index in [1.807, 2.05) is 0 Å². The summed E-state index contributed by atoms with van der Waals surface area (Å²) in [6, 6.07) is 0. The molecule has 2 bridgehead atoms. The Labute approximate surface area is 97.5 Å². The Bertz CT molecular complexity index is 452. The van der Waals surface area contributed by atoms with Crippen molar-refractivity contribution in [3.63, 3.8) is 0 Å². The fourth-order valence-electron chi connectivity index (χ4n) is 3.61. The lowest BCUT2D eigenvalue weighted by molar-refractivity contribution is -0.122. The molecule has 2 heterocycles. The number of carbonyl (C=O) groups excluding carboxylic acids is 2. The van der Waals surface area contributed by atoms with Crippen molar-refractivity contribution in [1.82, 2.24) is 10.9 Å². The Balaban J connectivity index is 1.73. The highest BCUT2D eigenvalue weighted by Gasteiger charge is 2.51. The van der Waals surface area contributed by atoms with Crippen molar-refractivity contribution in [2.24, 2.45) is 33.9 Å².